The summed E-state index contributed by atoms with van der Waals surface area (Å²) in [6, 6.07) is 7.12. The average molecular weight is 461 g/mol. The number of thiazole rings is 1. The van der Waals surface area contributed by atoms with Gasteiger partial charge in [-0.15, -0.1) is 24.2 Å². The summed E-state index contributed by atoms with van der Waals surface area (Å²) in [5.41, 5.74) is 1.32. The number of carboxylic acids is 1. The number of nitrogens with two attached hydrogens (primary N) is 1. The zero-order chi connectivity index (χ0) is 15.3. The van der Waals surface area contributed by atoms with E-state index in [1.165, 1.54) is 0 Å². The fourth-order valence-electron chi connectivity index (χ4n) is 1.35. The van der Waals surface area contributed by atoms with Crippen LogP contribution in [0.25, 0.3) is 10.6 Å². The Labute approximate surface area is 147 Å². The summed E-state index contributed by atoms with van der Waals surface area (Å²) >= 11 is 16.5. The Morgan fingerprint density at radius 2 is 1.90 bits per heavy atom. The van der Waals surface area contributed by atoms with Crippen LogP contribution in [0.3, 0.4) is 0 Å². The first-order chi connectivity index (χ1) is 9.49. The number of thiol groups is 1. The topological polar surface area (TPSA) is 76.2 Å². The lowest BCUT2D eigenvalue weighted by atomic mass is 10.2. The van der Waals surface area contributed by atoms with Crippen LogP contribution >= 0.6 is 67.6 Å². The molecule has 0 bridgehead atoms. The number of aromatic carboxylic acids is 1. The Balaban J connectivity index is 0.000000956. The maximum atomic E-state index is 11.1. The van der Waals surface area contributed by atoms with Gasteiger partial charge < -0.3 is 5.11 Å². The first-order valence-corrected chi connectivity index (χ1v) is 8.57. The van der Waals surface area contributed by atoms with Crippen LogP contribution < -0.4 is 5.14 Å². The molecule has 0 spiro atoms. The van der Waals surface area contributed by atoms with Crippen LogP contribution in [0.2, 0.25) is 5.02 Å². The van der Waals surface area contributed by atoms with Gasteiger partial charge in [0.25, 0.3) is 0 Å². The minimum atomic E-state index is -0.980. The van der Waals surface area contributed by atoms with Gasteiger partial charge >= 0.3 is 5.97 Å². The molecule has 1 aromatic heterocycles. The van der Waals surface area contributed by atoms with Gasteiger partial charge in [0, 0.05) is 10.6 Å². The van der Waals surface area contributed by atoms with Crippen LogP contribution in [0.15, 0.2) is 24.3 Å². The molecule has 3 N–H and O–H groups in total. The number of halogens is 3. The molecule has 4 nitrogen and oxygen atoms in total. The smallest absolute Gasteiger partial charge is 0.347 e. The fourth-order valence-corrected chi connectivity index (χ4v) is 3.39. The molecule has 0 radical (unpaired) electrons. The molecule has 0 aliphatic heterocycles. The number of alkyl halides is 2. The number of nitrogens with zero attached hydrogens (tertiary/aromatic N) is 1. The molecule has 0 aliphatic carbocycles. The van der Waals surface area contributed by atoms with Gasteiger partial charge in [-0.1, -0.05) is 55.6 Å². The van der Waals surface area contributed by atoms with Crippen molar-refractivity contribution in [2.75, 3.05) is 0 Å². The first kappa shape index (κ1) is 17.9. The molecule has 0 fully saturated rings. The third kappa shape index (κ3) is 4.44. The molecular weight excluding hydrogens is 452 g/mol. The summed E-state index contributed by atoms with van der Waals surface area (Å²) in [6.07, 6.45) is 0. The summed E-state index contributed by atoms with van der Waals surface area (Å²) in [5, 5.41) is 14.6. The largest absolute Gasteiger partial charge is 0.477 e. The Kier molecular flexibility index (Phi) is 7.49. The minimum Gasteiger partial charge on any atom is -0.477 e. The zero-order valence-corrected chi connectivity index (χ0v) is 15.4. The lowest BCUT2D eigenvalue weighted by Crippen LogP contribution is -1.97. The molecule has 2 rings (SSSR count). The quantitative estimate of drug-likeness (QED) is 0.457. The molecule has 1 heterocycles. The van der Waals surface area contributed by atoms with Crippen molar-refractivity contribution in [3.05, 3.63) is 39.9 Å². The van der Waals surface area contributed by atoms with Crippen molar-refractivity contribution in [1.29, 1.82) is 0 Å². The minimum absolute atomic E-state index is 0.221. The highest BCUT2D eigenvalue weighted by atomic mass is 79.9. The molecular formula is C11H9Br2ClN2O2S2. The highest BCUT2D eigenvalue weighted by Crippen LogP contribution is 2.37. The standard InChI is InChI=1S/C11H6Br2ClNO2S.H3NS/c12-9(13)7-8(11(16)17)18-10(15-7)5-1-3-6(14)4-2-5;1-2/h1-4,9H,(H,16,17);2H,1H2. The van der Waals surface area contributed by atoms with Crippen LogP contribution in [0.4, 0.5) is 0 Å². The van der Waals surface area contributed by atoms with Crippen molar-refractivity contribution >= 4 is 73.6 Å². The maximum absolute atomic E-state index is 11.1. The number of rotatable bonds is 3. The summed E-state index contributed by atoms with van der Waals surface area (Å²) in [7, 11) is 0. The van der Waals surface area contributed by atoms with Crippen LogP contribution in [-0.2, 0) is 0 Å². The summed E-state index contributed by atoms with van der Waals surface area (Å²) in [4.78, 5) is 15.7. The van der Waals surface area contributed by atoms with Crippen molar-refractivity contribution in [2.24, 2.45) is 5.14 Å². The first-order valence-electron chi connectivity index (χ1n) is 5.03. The van der Waals surface area contributed by atoms with Crippen LogP contribution in [-0.4, -0.2) is 16.1 Å². The van der Waals surface area contributed by atoms with Crippen molar-refractivity contribution in [1.82, 2.24) is 4.98 Å². The third-order valence-corrected chi connectivity index (χ3v) is 4.37. The van der Waals surface area contributed by atoms with Crippen molar-refractivity contribution in [2.45, 2.75) is 3.74 Å². The maximum Gasteiger partial charge on any atom is 0.347 e. The van der Waals surface area contributed by atoms with E-state index in [0.717, 1.165) is 16.9 Å². The highest BCUT2D eigenvalue weighted by molar-refractivity contribution is 9.24. The van der Waals surface area contributed by atoms with Crippen molar-refractivity contribution < 1.29 is 9.90 Å². The zero-order valence-electron chi connectivity index (χ0n) is 9.76. The van der Waals surface area contributed by atoms with Crippen molar-refractivity contribution in [3.63, 3.8) is 0 Å². The van der Waals surface area contributed by atoms with Gasteiger partial charge in [-0.05, 0) is 12.1 Å². The van der Waals surface area contributed by atoms with Gasteiger partial charge in [-0.2, -0.15) is 0 Å². The van der Waals surface area contributed by atoms with Gasteiger partial charge in [0.1, 0.15) is 13.6 Å². The van der Waals surface area contributed by atoms with Gasteiger partial charge in [-0.3, -0.25) is 5.14 Å². The summed E-state index contributed by atoms with van der Waals surface area (Å²) in [5.74, 6) is -0.980. The lowest BCUT2D eigenvalue weighted by molar-refractivity contribution is 0.0701. The number of hydrogen-bond acceptors (Lipinski definition) is 5. The molecule has 0 saturated heterocycles. The number of benzene rings is 1. The molecule has 0 amide bonds. The molecule has 0 saturated carbocycles. The Hall–Kier alpha value is -0.120. The SMILES string of the molecule is NS.O=C(O)c1sc(-c2ccc(Cl)cc2)nc1C(Br)Br. The molecule has 1 aromatic carbocycles. The summed E-state index contributed by atoms with van der Waals surface area (Å²) < 4.78 is -0.284. The predicted molar refractivity (Wildman–Crippen MR) is 93.3 cm³/mol. The van der Waals surface area contributed by atoms with Crippen LogP contribution in [0.5, 0.6) is 0 Å². The molecule has 108 valence electrons. The van der Waals surface area contributed by atoms with E-state index < -0.39 is 5.97 Å². The Morgan fingerprint density at radius 1 is 1.35 bits per heavy atom. The third-order valence-electron chi connectivity index (χ3n) is 2.15. The monoisotopic (exact) mass is 458 g/mol. The number of carboxylic acid groups (broad SMARTS) is 1. The molecule has 0 aliphatic rings. The van der Waals surface area contributed by atoms with E-state index >= 15 is 0 Å². The van der Waals surface area contributed by atoms with E-state index in [2.05, 4.69) is 54.8 Å². The summed E-state index contributed by atoms with van der Waals surface area (Å²) in [6.45, 7) is 0. The van der Waals surface area contributed by atoms with E-state index in [-0.39, 0.29) is 8.61 Å². The van der Waals surface area contributed by atoms with E-state index in [1.807, 2.05) is 12.1 Å². The number of carbonyl (C=O) groups is 1. The van der Waals surface area contributed by atoms with Crippen LogP contribution in [0, 0.1) is 0 Å². The molecule has 2 aromatic rings. The van der Waals surface area contributed by atoms with E-state index in [4.69, 9.17) is 16.7 Å². The average Bonchev–Trinajstić information content (AvgIpc) is 2.87. The van der Waals surface area contributed by atoms with Crippen molar-refractivity contribution in [3.8, 4) is 10.6 Å². The highest BCUT2D eigenvalue weighted by Gasteiger charge is 2.21. The van der Waals surface area contributed by atoms with Gasteiger partial charge in [0.15, 0.2) is 0 Å². The molecule has 20 heavy (non-hydrogen) atoms. The van der Waals surface area contributed by atoms with E-state index in [1.54, 1.807) is 12.1 Å². The second-order valence-electron chi connectivity index (χ2n) is 3.35. The molecule has 0 unspecified atom stereocenters. The van der Waals surface area contributed by atoms with Crippen LogP contribution in [0.1, 0.15) is 19.1 Å². The lowest BCUT2D eigenvalue weighted by Gasteiger charge is -1.97. The van der Waals surface area contributed by atoms with Gasteiger partial charge in [0.2, 0.25) is 0 Å². The Morgan fingerprint density at radius 3 is 2.30 bits per heavy atom. The predicted octanol–water partition coefficient (Wildman–Crippen LogP) is 4.74. The number of hydrogen-bond donors (Lipinski definition) is 3. The van der Waals surface area contributed by atoms with Gasteiger partial charge in [0.05, 0.1) is 5.69 Å². The van der Waals surface area contributed by atoms with E-state index in [0.29, 0.717) is 15.7 Å². The second kappa shape index (κ2) is 8.35. The molecule has 9 heteroatoms. The Bertz CT molecular complexity index is 591. The number of aromatic nitrogens is 1. The second-order valence-corrected chi connectivity index (χ2v) is 7.84. The normalized spacial score (nSPS) is 10.1. The fraction of sp³-hybridized carbons (Fsp3) is 0.0909. The van der Waals surface area contributed by atoms with E-state index in [9.17, 15) is 4.79 Å². The molecule has 0 atom stereocenters. The van der Waals surface area contributed by atoms with Gasteiger partial charge in [-0.25, -0.2) is 9.78 Å².